The summed E-state index contributed by atoms with van der Waals surface area (Å²) < 4.78 is 11.7. The normalized spacial score (nSPS) is 22.6. The van der Waals surface area contributed by atoms with Crippen LogP contribution in [0.4, 0.5) is 0 Å². The van der Waals surface area contributed by atoms with Crippen molar-refractivity contribution in [2.75, 3.05) is 26.3 Å². The van der Waals surface area contributed by atoms with Crippen molar-refractivity contribution in [2.45, 2.75) is 58.2 Å². The summed E-state index contributed by atoms with van der Waals surface area (Å²) >= 11 is 0. The molecule has 1 aromatic rings. The van der Waals surface area contributed by atoms with Crippen molar-refractivity contribution < 1.29 is 14.3 Å². The number of ether oxygens (including phenoxy) is 2. The lowest BCUT2D eigenvalue weighted by Crippen LogP contribution is -2.42. The van der Waals surface area contributed by atoms with Crippen LogP contribution in [0.15, 0.2) is 6.20 Å². The van der Waals surface area contributed by atoms with Gasteiger partial charge in [-0.2, -0.15) is 0 Å². The van der Waals surface area contributed by atoms with E-state index in [2.05, 4.69) is 9.97 Å². The Bertz CT molecular complexity index is 565. The number of likely N-dealkylation sites (tertiary alicyclic amines) is 1. The molecule has 2 aliphatic heterocycles. The van der Waals surface area contributed by atoms with Crippen molar-refractivity contribution in [3.8, 4) is 0 Å². The van der Waals surface area contributed by atoms with E-state index < -0.39 is 0 Å². The highest BCUT2D eigenvalue weighted by atomic mass is 16.5. The van der Waals surface area contributed by atoms with Crippen molar-refractivity contribution in [3.05, 3.63) is 23.3 Å². The van der Waals surface area contributed by atoms with Gasteiger partial charge in [0.2, 0.25) is 0 Å². The van der Waals surface area contributed by atoms with Crippen LogP contribution in [0.3, 0.4) is 0 Å². The fraction of sp³-hybridized carbons (Fsp3) is 0.722. The van der Waals surface area contributed by atoms with Gasteiger partial charge in [0.25, 0.3) is 5.91 Å². The Balaban J connectivity index is 1.46. The number of carbonyl (C=O) groups excluding carboxylic acids is 1. The molecule has 2 aliphatic rings. The molecule has 24 heavy (non-hydrogen) atoms. The summed E-state index contributed by atoms with van der Waals surface area (Å²) in [6, 6.07) is 0. The molecule has 1 unspecified atom stereocenters. The van der Waals surface area contributed by atoms with Crippen LogP contribution in [0, 0.1) is 13.8 Å². The predicted molar refractivity (Wildman–Crippen MR) is 90.0 cm³/mol. The average molecular weight is 333 g/mol. The Morgan fingerprint density at radius 1 is 1.29 bits per heavy atom. The Labute approximate surface area is 143 Å². The molecule has 3 heterocycles. The smallest absolute Gasteiger partial charge is 0.257 e. The van der Waals surface area contributed by atoms with Gasteiger partial charge in [-0.3, -0.25) is 4.79 Å². The first kappa shape index (κ1) is 17.3. The van der Waals surface area contributed by atoms with Crippen molar-refractivity contribution in [1.82, 2.24) is 14.9 Å². The van der Waals surface area contributed by atoms with E-state index >= 15 is 0 Å². The number of aromatic nitrogens is 2. The minimum Gasteiger partial charge on any atom is -0.376 e. The number of carbonyl (C=O) groups is 1. The number of piperidine rings is 1. The van der Waals surface area contributed by atoms with Crippen LogP contribution in [0.1, 0.15) is 54.0 Å². The fourth-order valence-corrected chi connectivity index (χ4v) is 3.37. The lowest BCUT2D eigenvalue weighted by Gasteiger charge is -2.33. The third-order valence-corrected chi connectivity index (χ3v) is 4.85. The lowest BCUT2D eigenvalue weighted by atomic mass is 10.1. The van der Waals surface area contributed by atoms with Crippen molar-refractivity contribution in [2.24, 2.45) is 0 Å². The largest absolute Gasteiger partial charge is 0.376 e. The number of amides is 1. The molecule has 1 atom stereocenters. The molecule has 0 aromatic carbocycles. The van der Waals surface area contributed by atoms with E-state index in [0.29, 0.717) is 18.0 Å². The number of nitrogens with zero attached hydrogens (tertiary/aromatic N) is 3. The van der Waals surface area contributed by atoms with Crippen LogP contribution in [0.2, 0.25) is 0 Å². The SMILES string of the molecule is Cc1ncc(C(=O)N2CCC(OCC3CCCCO3)CC2)c(C)n1. The van der Waals surface area contributed by atoms with E-state index in [-0.39, 0.29) is 18.1 Å². The molecule has 0 aliphatic carbocycles. The van der Waals surface area contributed by atoms with E-state index in [1.54, 1.807) is 6.20 Å². The van der Waals surface area contributed by atoms with Gasteiger partial charge in [-0.25, -0.2) is 9.97 Å². The summed E-state index contributed by atoms with van der Waals surface area (Å²) in [5.74, 6) is 0.725. The Hall–Kier alpha value is -1.53. The zero-order valence-corrected chi connectivity index (χ0v) is 14.7. The quantitative estimate of drug-likeness (QED) is 0.846. The van der Waals surface area contributed by atoms with Gasteiger partial charge in [-0.1, -0.05) is 0 Å². The van der Waals surface area contributed by atoms with E-state index in [1.807, 2.05) is 18.7 Å². The summed E-state index contributed by atoms with van der Waals surface area (Å²) in [5.41, 5.74) is 1.36. The first-order chi connectivity index (χ1) is 11.6. The molecule has 1 amide bonds. The number of hydrogen-bond acceptors (Lipinski definition) is 5. The number of rotatable bonds is 4. The van der Waals surface area contributed by atoms with E-state index in [4.69, 9.17) is 9.47 Å². The molecule has 0 spiro atoms. The van der Waals surface area contributed by atoms with Crippen molar-refractivity contribution >= 4 is 5.91 Å². The molecule has 0 radical (unpaired) electrons. The molecule has 3 rings (SSSR count). The maximum absolute atomic E-state index is 12.6. The molecule has 2 fully saturated rings. The zero-order chi connectivity index (χ0) is 16.9. The van der Waals surface area contributed by atoms with Crippen LogP contribution < -0.4 is 0 Å². The first-order valence-corrected chi connectivity index (χ1v) is 8.96. The monoisotopic (exact) mass is 333 g/mol. The van der Waals surface area contributed by atoms with Gasteiger partial charge in [0.05, 0.1) is 30.1 Å². The lowest BCUT2D eigenvalue weighted by molar-refractivity contribution is -0.0733. The second-order valence-corrected chi connectivity index (χ2v) is 6.73. The second-order valence-electron chi connectivity index (χ2n) is 6.73. The van der Waals surface area contributed by atoms with Crippen LogP contribution in [-0.2, 0) is 9.47 Å². The molecule has 0 saturated carbocycles. The topological polar surface area (TPSA) is 64.6 Å². The zero-order valence-electron chi connectivity index (χ0n) is 14.7. The van der Waals surface area contributed by atoms with Crippen LogP contribution in [0.5, 0.6) is 0 Å². The van der Waals surface area contributed by atoms with Gasteiger partial charge in [0.1, 0.15) is 5.82 Å². The Morgan fingerprint density at radius 3 is 2.75 bits per heavy atom. The highest BCUT2D eigenvalue weighted by Crippen LogP contribution is 2.19. The minimum absolute atomic E-state index is 0.0292. The predicted octanol–water partition coefficient (Wildman–Crippen LogP) is 2.28. The van der Waals surface area contributed by atoms with Crippen LogP contribution >= 0.6 is 0 Å². The van der Waals surface area contributed by atoms with Gasteiger partial charge in [0.15, 0.2) is 0 Å². The molecular weight excluding hydrogens is 306 g/mol. The van der Waals surface area contributed by atoms with Gasteiger partial charge in [-0.15, -0.1) is 0 Å². The van der Waals surface area contributed by atoms with Gasteiger partial charge in [-0.05, 0) is 46.0 Å². The third-order valence-electron chi connectivity index (χ3n) is 4.85. The highest BCUT2D eigenvalue weighted by molar-refractivity contribution is 5.95. The Kier molecular flexibility index (Phi) is 5.79. The molecule has 2 saturated heterocycles. The summed E-state index contributed by atoms with van der Waals surface area (Å²) in [5, 5.41) is 0. The Morgan fingerprint density at radius 2 is 2.08 bits per heavy atom. The van der Waals surface area contributed by atoms with E-state index in [1.165, 1.54) is 12.8 Å². The molecule has 6 nitrogen and oxygen atoms in total. The highest BCUT2D eigenvalue weighted by Gasteiger charge is 2.26. The summed E-state index contributed by atoms with van der Waals surface area (Å²) in [4.78, 5) is 23.0. The van der Waals surface area contributed by atoms with Crippen LogP contribution in [0.25, 0.3) is 0 Å². The molecular formula is C18H27N3O3. The maximum Gasteiger partial charge on any atom is 0.257 e. The minimum atomic E-state index is 0.0292. The molecule has 1 aromatic heterocycles. The average Bonchev–Trinajstić information content (AvgIpc) is 2.61. The van der Waals surface area contributed by atoms with E-state index in [9.17, 15) is 4.79 Å². The molecule has 132 valence electrons. The summed E-state index contributed by atoms with van der Waals surface area (Å²) in [6.07, 6.45) is 7.39. The number of aryl methyl sites for hydroxylation is 2. The number of hydrogen-bond donors (Lipinski definition) is 0. The van der Waals surface area contributed by atoms with Crippen molar-refractivity contribution in [3.63, 3.8) is 0 Å². The standard InChI is InChI=1S/C18H27N3O3/c1-13-17(11-19-14(2)20-13)18(22)21-8-6-15(7-9-21)24-12-16-5-3-4-10-23-16/h11,15-16H,3-10,12H2,1-2H3. The molecule has 0 bridgehead atoms. The van der Waals surface area contributed by atoms with Gasteiger partial charge < -0.3 is 14.4 Å². The molecule has 0 N–H and O–H groups in total. The van der Waals surface area contributed by atoms with Crippen LogP contribution in [-0.4, -0.2) is 59.3 Å². The fourth-order valence-electron chi connectivity index (χ4n) is 3.37. The maximum atomic E-state index is 12.6. The van der Waals surface area contributed by atoms with Gasteiger partial charge in [0, 0.05) is 25.9 Å². The van der Waals surface area contributed by atoms with E-state index in [0.717, 1.165) is 44.7 Å². The van der Waals surface area contributed by atoms with Crippen molar-refractivity contribution in [1.29, 1.82) is 0 Å². The third kappa shape index (κ3) is 4.30. The summed E-state index contributed by atoms with van der Waals surface area (Å²) in [6.45, 7) is 6.69. The second kappa shape index (κ2) is 8.03. The summed E-state index contributed by atoms with van der Waals surface area (Å²) in [7, 11) is 0. The van der Waals surface area contributed by atoms with Gasteiger partial charge >= 0.3 is 0 Å². The first-order valence-electron chi connectivity index (χ1n) is 8.96. The molecule has 6 heteroatoms.